The van der Waals surface area contributed by atoms with Gasteiger partial charge in [0.1, 0.15) is 0 Å². The fourth-order valence-electron chi connectivity index (χ4n) is 1.48. The van der Waals surface area contributed by atoms with Crippen molar-refractivity contribution >= 4 is 11.3 Å². The molecule has 2 heterocycles. The second-order valence-electron chi connectivity index (χ2n) is 2.94. The quantitative estimate of drug-likeness (QED) is 0.692. The third-order valence-electron chi connectivity index (χ3n) is 2.05. The third-order valence-corrected chi connectivity index (χ3v) is 2.85. The van der Waals surface area contributed by atoms with Crippen LogP contribution in [-0.2, 0) is 0 Å². The summed E-state index contributed by atoms with van der Waals surface area (Å²) in [5.41, 5.74) is 1.24. The van der Waals surface area contributed by atoms with E-state index in [1.165, 1.54) is 23.5 Å². The van der Waals surface area contributed by atoms with Crippen molar-refractivity contribution in [3.8, 4) is 0 Å². The molecule has 2 rings (SSSR count). The molecular formula is C8H12N2S. The van der Waals surface area contributed by atoms with Crippen LogP contribution >= 0.6 is 11.3 Å². The molecule has 1 aromatic rings. The smallest absolute Gasteiger partial charge is 0.0898 e. The second-order valence-corrected chi connectivity index (χ2v) is 4.00. The number of nitrogens with zero attached hydrogens (tertiary/aromatic N) is 1. The average molecular weight is 168 g/mol. The first-order chi connectivity index (χ1) is 5.36. The first-order valence-electron chi connectivity index (χ1n) is 4.01. The predicted molar refractivity (Wildman–Crippen MR) is 46.8 cm³/mol. The first kappa shape index (κ1) is 7.25. The molecule has 0 unspecified atom stereocenters. The van der Waals surface area contributed by atoms with E-state index in [-0.39, 0.29) is 0 Å². The Kier molecular flexibility index (Phi) is 1.92. The monoisotopic (exact) mass is 168 g/mol. The minimum absolute atomic E-state index is 0.542. The van der Waals surface area contributed by atoms with Gasteiger partial charge in [-0.1, -0.05) is 0 Å². The first-order valence-corrected chi connectivity index (χ1v) is 4.89. The van der Waals surface area contributed by atoms with Crippen molar-refractivity contribution in [3.05, 3.63) is 16.1 Å². The fourth-order valence-corrected chi connectivity index (χ4v) is 2.14. The molecule has 0 aromatic carbocycles. The van der Waals surface area contributed by atoms with Crippen molar-refractivity contribution in [2.24, 2.45) is 0 Å². The van der Waals surface area contributed by atoms with E-state index in [2.05, 4.69) is 22.6 Å². The standard InChI is InChI=1S/C8H12N2S/c1-6-10-8(5-11-6)7-3-2-4-9-7/h5,7,9H,2-4H2,1H3/t7-/m0/s1. The molecule has 1 aliphatic heterocycles. The van der Waals surface area contributed by atoms with Gasteiger partial charge in [0.25, 0.3) is 0 Å². The normalized spacial score (nSPS) is 24.3. The molecule has 11 heavy (non-hydrogen) atoms. The van der Waals surface area contributed by atoms with Crippen molar-refractivity contribution < 1.29 is 0 Å². The Morgan fingerprint density at radius 2 is 2.64 bits per heavy atom. The minimum Gasteiger partial charge on any atom is -0.309 e. The van der Waals surface area contributed by atoms with Crippen LogP contribution in [0.5, 0.6) is 0 Å². The zero-order valence-corrected chi connectivity index (χ0v) is 7.45. The van der Waals surface area contributed by atoms with Gasteiger partial charge in [-0.25, -0.2) is 4.98 Å². The number of rotatable bonds is 1. The summed E-state index contributed by atoms with van der Waals surface area (Å²) in [5.74, 6) is 0. The van der Waals surface area contributed by atoms with Gasteiger partial charge in [-0.15, -0.1) is 11.3 Å². The van der Waals surface area contributed by atoms with Gasteiger partial charge in [0, 0.05) is 5.38 Å². The highest BCUT2D eigenvalue weighted by atomic mass is 32.1. The summed E-state index contributed by atoms with van der Waals surface area (Å²) >= 11 is 1.74. The maximum absolute atomic E-state index is 4.45. The highest BCUT2D eigenvalue weighted by Gasteiger charge is 2.17. The van der Waals surface area contributed by atoms with Gasteiger partial charge in [-0.2, -0.15) is 0 Å². The van der Waals surface area contributed by atoms with Crippen molar-refractivity contribution in [3.63, 3.8) is 0 Å². The molecule has 2 nitrogen and oxygen atoms in total. The van der Waals surface area contributed by atoms with Crippen LogP contribution in [0.25, 0.3) is 0 Å². The Hall–Kier alpha value is -0.410. The maximum atomic E-state index is 4.45. The number of hydrogen-bond donors (Lipinski definition) is 1. The lowest BCUT2D eigenvalue weighted by Crippen LogP contribution is -2.12. The van der Waals surface area contributed by atoms with Gasteiger partial charge in [0.05, 0.1) is 16.7 Å². The second kappa shape index (κ2) is 2.91. The molecular weight excluding hydrogens is 156 g/mol. The van der Waals surface area contributed by atoms with Crippen LogP contribution in [0.2, 0.25) is 0 Å². The van der Waals surface area contributed by atoms with E-state index in [1.807, 2.05) is 0 Å². The van der Waals surface area contributed by atoms with Crippen molar-refractivity contribution in [2.75, 3.05) is 6.54 Å². The van der Waals surface area contributed by atoms with Crippen LogP contribution in [0.1, 0.15) is 29.6 Å². The van der Waals surface area contributed by atoms with E-state index in [4.69, 9.17) is 0 Å². The largest absolute Gasteiger partial charge is 0.309 e. The minimum atomic E-state index is 0.542. The highest BCUT2D eigenvalue weighted by molar-refractivity contribution is 7.09. The Morgan fingerprint density at radius 3 is 3.18 bits per heavy atom. The molecule has 0 spiro atoms. The van der Waals surface area contributed by atoms with Gasteiger partial charge in [-0.05, 0) is 26.3 Å². The van der Waals surface area contributed by atoms with E-state index < -0.39 is 0 Å². The lowest BCUT2D eigenvalue weighted by molar-refractivity contribution is 0.631. The molecule has 1 atom stereocenters. The number of aromatic nitrogens is 1. The molecule has 0 radical (unpaired) electrons. The highest BCUT2D eigenvalue weighted by Crippen LogP contribution is 2.23. The van der Waals surface area contributed by atoms with Crippen LogP contribution in [0.15, 0.2) is 5.38 Å². The van der Waals surface area contributed by atoms with E-state index in [9.17, 15) is 0 Å². The summed E-state index contributed by atoms with van der Waals surface area (Å²) in [4.78, 5) is 4.45. The summed E-state index contributed by atoms with van der Waals surface area (Å²) in [7, 11) is 0. The Labute approximate surface area is 70.7 Å². The predicted octanol–water partition coefficient (Wildman–Crippen LogP) is 1.88. The Morgan fingerprint density at radius 1 is 1.73 bits per heavy atom. The summed E-state index contributed by atoms with van der Waals surface area (Å²) in [6.07, 6.45) is 2.55. The van der Waals surface area contributed by atoms with Crippen LogP contribution in [-0.4, -0.2) is 11.5 Å². The molecule has 1 saturated heterocycles. The molecule has 60 valence electrons. The molecule has 3 heteroatoms. The molecule has 0 amide bonds. The van der Waals surface area contributed by atoms with Crippen molar-refractivity contribution in [1.82, 2.24) is 10.3 Å². The van der Waals surface area contributed by atoms with Crippen LogP contribution in [0.3, 0.4) is 0 Å². The van der Waals surface area contributed by atoms with E-state index in [0.717, 1.165) is 6.54 Å². The molecule has 1 N–H and O–H groups in total. The molecule has 0 saturated carbocycles. The van der Waals surface area contributed by atoms with Gasteiger partial charge >= 0.3 is 0 Å². The Balaban J connectivity index is 2.15. The SMILES string of the molecule is Cc1nc([C@@H]2CCCN2)cs1. The molecule has 1 fully saturated rings. The third kappa shape index (κ3) is 1.44. The summed E-state index contributed by atoms with van der Waals surface area (Å²) in [6, 6.07) is 0.542. The van der Waals surface area contributed by atoms with Gasteiger partial charge < -0.3 is 5.32 Å². The zero-order valence-electron chi connectivity index (χ0n) is 6.63. The van der Waals surface area contributed by atoms with E-state index >= 15 is 0 Å². The Bertz CT molecular complexity index is 238. The molecule has 0 aliphatic carbocycles. The van der Waals surface area contributed by atoms with Crippen LogP contribution in [0, 0.1) is 6.92 Å². The number of aryl methyl sites for hydroxylation is 1. The van der Waals surface area contributed by atoms with Crippen LogP contribution < -0.4 is 5.32 Å². The molecule has 1 aromatic heterocycles. The number of thiazole rings is 1. The number of nitrogens with one attached hydrogen (secondary N) is 1. The van der Waals surface area contributed by atoms with Crippen LogP contribution in [0.4, 0.5) is 0 Å². The zero-order chi connectivity index (χ0) is 7.68. The lowest BCUT2D eigenvalue weighted by atomic mass is 10.2. The van der Waals surface area contributed by atoms with E-state index in [1.54, 1.807) is 11.3 Å². The lowest BCUT2D eigenvalue weighted by Gasteiger charge is -2.04. The summed E-state index contributed by atoms with van der Waals surface area (Å²) < 4.78 is 0. The van der Waals surface area contributed by atoms with Crippen molar-refractivity contribution in [2.45, 2.75) is 25.8 Å². The maximum Gasteiger partial charge on any atom is 0.0898 e. The van der Waals surface area contributed by atoms with Gasteiger partial charge in [0.2, 0.25) is 0 Å². The van der Waals surface area contributed by atoms with E-state index in [0.29, 0.717) is 6.04 Å². The number of hydrogen-bond acceptors (Lipinski definition) is 3. The van der Waals surface area contributed by atoms with Gasteiger partial charge in [-0.3, -0.25) is 0 Å². The van der Waals surface area contributed by atoms with Gasteiger partial charge in [0.15, 0.2) is 0 Å². The van der Waals surface area contributed by atoms with Crippen molar-refractivity contribution in [1.29, 1.82) is 0 Å². The summed E-state index contributed by atoms with van der Waals surface area (Å²) in [6.45, 7) is 3.21. The topological polar surface area (TPSA) is 24.9 Å². The molecule has 0 bridgehead atoms. The summed E-state index contributed by atoms with van der Waals surface area (Å²) in [5, 5.41) is 6.77. The molecule has 1 aliphatic rings. The fraction of sp³-hybridized carbons (Fsp3) is 0.625. The average Bonchev–Trinajstić information content (AvgIpc) is 2.55.